The van der Waals surface area contributed by atoms with Gasteiger partial charge < -0.3 is 9.80 Å². The van der Waals surface area contributed by atoms with E-state index in [-0.39, 0.29) is 29.3 Å². The van der Waals surface area contributed by atoms with E-state index in [1.807, 2.05) is 42.5 Å². The van der Waals surface area contributed by atoms with Crippen LogP contribution in [0.25, 0.3) is 0 Å². The molecule has 2 saturated heterocycles. The molecular formula is C36H37ClN4O2. The van der Waals surface area contributed by atoms with Gasteiger partial charge in [0.05, 0.1) is 28.3 Å². The molecule has 3 aromatic rings. The highest BCUT2D eigenvalue weighted by Gasteiger charge is 2.44. The Labute approximate surface area is 258 Å². The van der Waals surface area contributed by atoms with Gasteiger partial charge in [-0.2, -0.15) is 5.26 Å². The van der Waals surface area contributed by atoms with Crippen LogP contribution in [-0.4, -0.2) is 58.7 Å². The molecule has 1 saturated carbocycles. The molecule has 0 bridgehead atoms. The average molecular weight is 593 g/mol. The number of carbonyl (C=O) groups excluding carboxylic acids is 2. The van der Waals surface area contributed by atoms with Crippen LogP contribution in [0.15, 0.2) is 66.7 Å². The van der Waals surface area contributed by atoms with Gasteiger partial charge in [-0.15, -0.1) is 0 Å². The van der Waals surface area contributed by atoms with Gasteiger partial charge >= 0.3 is 0 Å². The monoisotopic (exact) mass is 592 g/mol. The minimum absolute atomic E-state index is 0.00623. The van der Waals surface area contributed by atoms with Crippen molar-refractivity contribution >= 4 is 23.4 Å². The second kappa shape index (κ2) is 11.4. The van der Waals surface area contributed by atoms with Crippen molar-refractivity contribution in [3.63, 3.8) is 0 Å². The maximum absolute atomic E-state index is 13.9. The van der Waals surface area contributed by atoms with E-state index in [0.717, 1.165) is 88.8 Å². The highest BCUT2D eigenvalue weighted by molar-refractivity contribution is 6.33. The summed E-state index contributed by atoms with van der Waals surface area (Å²) in [7, 11) is 0. The van der Waals surface area contributed by atoms with Crippen LogP contribution in [0.4, 0.5) is 0 Å². The third-order valence-electron chi connectivity index (χ3n) is 10.2. The minimum Gasteiger partial charge on any atom is -0.338 e. The number of nitriles is 1. The fourth-order valence-electron chi connectivity index (χ4n) is 7.57. The zero-order valence-corrected chi connectivity index (χ0v) is 25.2. The summed E-state index contributed by atoms with van der Waals surface area (Å²) >= 11 is 6.44. The van der Waals surface area contributed by atoms with E-state index in [1.54, 1.807) is 6.07 Å². The number of hydrogen-bond acceptors (Lipinski definition) is 4. The Morgan fingerprint density at radius 2 is 1.74 bits per heavy atom. The molecular weight excluding hydrogens is 556 g/mol. The molecule has 1 atom stereocenters. The third kappa shape index (κ3) is 5.57. The predicted octanol–water partition coefficient (Wildman–Crippen LogP) is 6.63. The Kier molecular flexibility index (Phi) is 7.49. The van der Waals surface area contributed by atoms with Gasteiger partial charge in [-0.05, 0) is 117 Å². The van der Waals surface area contributed by atoms with Crippen LogP contribution in [0.2, 0.25) is 5.02 Å². The molecule has 3 aromatic carbocycles. The summed E-state index contributed by atoms with van der Waals surface area (Å²) in [6.07, 6.45) is 7.04. The molecule has 2 amide bonds. The first kappa shape index (κ1) is 28.1. The third-order valence-corrected chi connectivity index (χ3v) is 10.5. The SMILES string of the molecule is N#Cc1cccc(CN2CCC3(CC2)CCN(C(=O)c2ccc4c(c2)C(N(C(=O)c2ccccc2Cl)C2CC2)CC4)C3)c1. The van der Waals surface area contributed by atoms with Gasteiger partial charge in [-0.25, -0.2) is 0 Å². The van der Waals surface area contributed by atoms with Gasteiger partial charge in [0.25, 0.3) is 11.8 Å². The van der Waals surface area contributed by atoms with Gasteiger partial charge in [-0.3, -0.25) is 14.5 Å². The summed E-state index contributed by atoms with van der Waals surface area (Å²) in [4.78, 5) is 34.2. The number of rotatable bonds is 6. The Balaban J connectivity index is 1.03. The van der Waals surface area contributed by atoms with Gasteiger partial charge in [0, 0.05) is 31.2 Å². The largest absolute Gasteiger partial charge is 0.338 e. The lowest BCUT2D eigenvalue weighted by atomic mass is 9.77. The minimum atomic E-state index is -0.0258. The van der Waals surface area contributed by atoms with Crippen molar-refractivity contribution in [2.45, 2.75) is 63.6 Å². The molecule has 2 aliphatic heterocycles. The second-order valence-corrected chi connectivity index (χ2v) is 13.4. The Hall–Kier alpha value is -3.66. The van der Waals surface area contributed by atoms with Gasteiger partial charge in [0.1, 0.15) is 0 Å². The van der Waals surface area contributed by atoms with E-state index in [9.17, 15) is 14.9 Å². The molecule has 7 rings (SSSR count). The number of amides is 2. The van der Waals surface area contributed by atoms with Crippen LogP contribution in [0, 0.1) is 16.7 Å². The molecule has 7 heteroatoms. The van der Waals surface area contributed by atoms with Crippen LogP contribution in [0.1, 0.15) is 87.5 Å². The summed E-state index contributed by atoms with van der Waals surface area (Å²) in [6.45, 7) is 4.49. The molecule has 0 N–H and O–H groups in total. The molecule has 3 fully saturated rings. The fourth-order valence-corrected chi connectivity index (χ4v) is 7.79. The standard InChI is InChI=1S/C36H37ClN4O2/c37-32-7-2-1-6-30(32)35(43)41(29-11-12-29)33-13-10-27-8-9-28(21-31(27)33)34(42)40-19-16-36(24-40)14-17-39(18-15-36)23-26-5-3-4-25(20-26)22-38/h1-9,20-21,29,33H,10-19,23-24H2. The molecule has 2 heterocycles. The van der Waals surface area contributed by atoms with E-state index in [0.29, 0.717) is 16.1 Å². The number of likely N-dealkylation sites (tertiary alicyclic amines) is 2. The molecule has 220 valence electrons. The zero-order chi connectivity index (χ0) is 29.6. The fraction of sp³-hybridized carbons (Fsp3) is 0.417. The Bertz CT molecular complexity index is 1600. The van der Waals surface area contributed by atoms with E-state index in [1.165, 1.54) is 11.1 Å². The van der Waals surface area contributed by atoms with Crippen molar-refractivity contribution in [1.29, 1.82) is 5.26 Å². The number of aryl methyl sites for hydroxylation is 1. The summed E-state index contributed by atoms with van der Waals surface area (Å²) in [5.74, 6) is 0.102. The van der Waals surface area contributed by atoms with Crippen molar-refractivity contribution in [3.8, 4) is 6.07 Å². The molecule has 1 spiro atoms. The second-order valence-electron chi connectivity index (χ2n) is 13.0. The van der Waals surface area contributed by atoms with Crippen molar-refractivity contribution < 1.29 is 9.59 Å². The first-order valence-electron chi connectivity index (χ1n) is 15.6. The number of nitrogens with zero attached hydrogens (tertiary/aromatic N) is 4. The van der Waals surface area contributed by atoms with Crippen molar-refractivity contribution in [1.82, 2.24) is 14.7 Å². The normalized spacial score (nSPS) is 21.0. The van der Waals surface area contributed by atoms with Crippen LogP contribution in [-0.2, 0) is 13.0 Å². The van der Waals surface area contributed by atoms with Gasteiger partial charge in [0.2, 0.25) is 0 Å². The van der Waals surface area contributed by atoms with Crippen LogP contribution in [0.5, 0.6) is 0 Å². The lowest BCUT2D eigenvalue weighted by Crippen LogP contribution is -2.42. The lowest BCUT2D eigenvalue weighted by Gasteiger charge is -2.39. The van der Waals surface area contributed by atoms with Gasteiger partial charge in [-0.1, -0.05) is 41.9 Å². The quantitative estimate of drug-likeness (QED) is 0.322. The molecule has 1 unspecified atom stereocenters. The average Bonchev–Trinajstić information content (AvgIpc) is 3.65. The molecule has 2 aliphatic carbocycles. The number of carbonyl (C=O) groups is 2. The predicted molar refractivity (Wildman–Crippen MR) is 167 cm³/mol. The van der Waals surface area contributed by atoms with Crippen LogP contribution in [0.3, 0.4) is 0 Å². The number of piperidine rings is 1. The highest BCUT2D eigenvalue weighted by atomic mass is 35.5. The van der Waals surface area contributed by atoms with Gasteiger partial charge in [0.15, 0.2) is 0 Å². The Morgan fingerprint density at radius 3 is 2.51 bits per heavy atom. The summed E-state index contributed by atoms with van der Waals surface area (Å²) < 4.78 is 0. The number of hydrogen-bond donors (Lipinski definition) is 0. The van der Waals surface area contributed by atoms with Crippen LogP contribution < -0.4 is 0 Å². The summed E-state index contributed by atoms with van der Waals surface area (Å²) in [6, 6.07) is 23.8. The highest BCUT2D eigenvalue weighted by Crippen LogP contribution is 2.44. The molecule has 43 heavy (non-hydrogen) atoms. The van der Waals surface area contributed by atoms with E-state index in [2.05, 4.69) is 39.0 Å². The topological polar surface area (TPSA) is 67.7 Å². The maximum Gasteiger partial charge on any atom is 0.256 e. The number of halogens is 1. The van der Waals surface area contributed by atoms with E-state index in [4.69, 9.17) is 11.6 Å². The van der Waals surface area contributed by atoms with Crippen molar-refractivity contribution in [3.05, 3.63) is 105 Å². The number of fused-ring (bicyclic) bond motifs is 1. The van der Waals surface area contributed by atoms with Crippen molar-refractivity contribution in [2.75, 3.05) is 26.2 Å². The molecule has 0 aromatic heterocycles. The zero-order valence-electron chi connectivity index (χ0n) is 24.5. The maximum atomic E-state index is 13.9. The smallest absolute Gasteiger partial charge is 0.256 e. The molecule has 6 nitrogen and oxygen atoms in total. The molecule has 4 aliphatic rings. The summed E-state index contributed by atoms with van der Waals surface area (Å²) in [5.41, 5.74) is 5.73. The van der Waals surface area contributed by atoms with Crippen LogP contribution >= 0.6 is 11.6 Å². The first-order valence-corrected chi connectivity index (χ1v) is 16.0. The molecule has 0 radical (unpaired) electrons. The lowest BCUT2D eigenvalue weighted by molar-refractivity contribution is 0.0658. The Morgan fingerprint density at radius 1 is 0.953 bits per heavy atom. The van der Waals surface area contributed by atoms with Crippen molar-refractivity contribution in [2.24, 2.45) is 5.41 Å². The number of benzene rings is 3. The first-order chi connectivity index (χ1) is 20.9. The van der Waals surface area contributed by atoms with E-state index < -0.39 is 0 Å². The summed E-state index contributed by atoms with van der Waals surface area (Å²) in [5, 5.41) is 9.71. The van der Waals surface area contributed by atoms with E-state index >= 15 is 0 Å².